The van der Waals surface area contributed by atoms with E-state index < -0.39 is 0 Å². The van der Waals surface area contributed by atoms with Crippen LogP contribution in [0.3, 0.4) is 0 Å². The Hall–Kier alpha value is -3.75. The number of ether oxygens (including phenoxy) is 2. The molecule has 2 aromatic rings. The topological polar surface area (TPSA) is 109 Å². The number of benzene rings is 2. The first kappa shape index (κ1) is 21.0. The fourth-order valence-electron chi connectivity index (χ4n) is 3.07. The number of hydrogen-bond donors (Lipinski definition) is 3. The highest BCUT2D eigenvalue weighted by molar-refractivity contribution is 6.09. The SMILES string of the molecule is COc1ccc(NC(=O)CCCNC(=O)N2CC(=O)Nc3ccccc32)c(OC)c1. The third-order valence-electron chi connectivity index (χ3n) is 4.56. The van der Waals surface area contributed by atoms with Gasteiger partial charge in [-0.15, -0.1) is 0 Å². The molecule has 1 aliphatic rings. The number of urea groups is 1. The molecule has 0 aliphatic carbocycles. The number of fused-ring (bicyclic) bond motifs is 1. The zero-order valence-electron chi connectivity index (χ0n) is 16.9. The number of nitrogens with zero attached hydrogens (tertiary/aromatic N) is 1. The summed E-state index contributed by atoms with van der Waals surface area (Å²) in [5.74, 6) is 0.672. The molecule has 9 heteroatoms. The van der Waals surface area contributed by atoms with Gasteiger partial charge in [0.2, 0.25) is 11.8 Å². The summed E-state index contributed by atoms with van der Waals surface area (Å²) in [6, 6.07) is 11.8. The molecule has 0 aromatic heterocycles. The molecule has 0 atom stereocenters. The Morgan fingerprint density at radius 3 is 2.70 bits per heavy atom. The second-order valence-corrected chi connectivity index (χ2v) is 6.60. The van der Waals surface area contributed by atoms with Crippen LogP contribution in [-0.2, 0) is 9.59 Å². The van der Waals surface area contributed by atoms with Crippen LogP contribution in [0.5, 0.6) is 11.5 Å². The molecular formula is C21H24N4O5. The van der Waals surface area contributed by atoms with Gasteiger partial charge in [0.1, 0.15) is 18.0 Å². The van der Waals surface area contributed by atoms with Crippen molar-refractivity contribution in [1.29, 1.82) is 0 Å². The van der Waals surface area contributed by atoms with Crippen molar-refractivity contribution in [1.82, 2.24) is 5.32 Å². The Bertz CT molecular complexity index is 947. The Kier molecular flexibility index (Phi) is 6.74. The van der Waals surface area contributed by atoms with E-state index in [1.807, 2.05) is 0 Å². The van der Waals surface area contributed by atoms with Crippen molar-refractivity contribution in [3.8, 4) is 11.5 Å². The van der Waals surface area contributed by atoms with Crippen molar-refractivity contribution >= 4 is 34.9 Å². The average molecular weight is 412 g/mol. The lowest BCUT2D eigenvalue weighted by atomic mass is 10.2. The number of nitrogens with one attached hydrogen (secondary N) is 3. The molecule has 2 aromatic carbocycles. The minimum Gasteiger partial charge on any atom is -0.497 e. The minimum atomic E-state index is -0.380. The summed E-state index contributed by atoms with van der Waals surface area (Å²) in [6.45, 7) is 0.243. The first-order valence-corrected chi connectivity index (χ1v) is 9.48. The maximum absolute atomic E-state index is 12.5. The molecule has 0 fully saturated rings. The maximum atomic E-state index is 12.5. The number of carbonyl (C=O) groups excluding carboxylic acids is 3. The second-order valence-electron chi connectivity index (χ2n) is 6.60. The van der Waals surface area contributed by atoms with Crippen molar-refractivity contribution in [2.45, 2.75) is 12.8 Å². The van der Waals surface area contributed by atoms with Crippen molar-refractivity contribution in [2.24, 2.45) is 0 Å². The lowest BCUT2D eigenvalue weighted by Gasteiger charge is -2.29. The fourth-order valence-corrected chi connectivity index (χ4v) is 3.07. The van der Waals surface area contributed by atoms with E-state index in [0.29, 0.717) is 41.5 Å². The van der Waals surface area contributed by atoms with Crippen LogP contribution in [0.2, 0.25) is 0 Å². The van der Waals surface area contributed by atoms with Crippen LogP contribution in [0.4, 0.5) is 21.9 Å². The van der Waals surface area contributed by atoms with Gasteiger partial charge in [-0.25, -0.2) is 4.79 Å². The van der Waals surface area contributed by atoms with Crippen molar-refractivity contribution in [3.63, 3.8) is 0 Å². The van der Waals surface area contributed by atoms with E-state index >= 15 is 0 Å². The first-order chi connectivity index (χ1) is 14.5. The van der Waals surface area contributed by atoms with Gasteiger partial charge in [-0.05, 0) is 30.7 Å². The molecule has 4 amide bonds. The summed E-state index contributed by atoms with van der Waals surface area (Å²) in [4.78, 5) is 37.9. The van der Waals surface area contributed by atoms with Crippen molar-refractivity contribution in [2.75, 3.05) is 42.8 Å². The Morgan fingerprint density at radius 1 is 1.13 bits per heavy atom. The van der Waals surface area contributed by atoms with Gasteiger partial charge >= 0.3 is 6.03 Å². The van der Waals surface area contributed by atoms with Crippen LogP contribution >= 0.6 is 0 Å². The molecule has 0 saturated heterocycles. The number of hydrogen-bond acceptors (Lipinski definition) is 5. The van der Waals surface area contributed by atoms with E-state index in [2.05, 4.69) is 16.0 Å². The number of methoxy groups -OCH3 is 2. The summed E-state index contributed by atoms with van der Waals surface area (Å²) >= 11 is 0. The van der Waals surface area contributed by atoms with Gasteiger partial charge in [-0.2, -0.15) is 0 Å². The molecule has 3 N–H and O–H groups in total. The van der Waals surface area contributed by atoms with Crippen LogP contribution in [-0.4, -0.2) is 45.2 Å². The largest absolute Gasteiger partial charge is 0.497 e. The monoisotopic (exact) mass is 412 g/mol. The Labute approximate surface area is 174 Å². The molecule has 1 aliphatic heterocycles. The Balaban J connectivity index is 1.48. The molecule has 0 unspecified atom stereocenters. The highest BCUT2D eigenvalue weighted by Crippen LogP contribution is 2.30. The van der Waals surface area contributed by atoms with Gasteiger partial charge in [0.05, 0.1) is 31.3 Å². The molecule has 0 spiro atoms. The van der Waals surface area contributed by atoms with Gasteiger partial charge < -0.3 is 25.4 Å². The average Bonchev–Trinajstić information content (AvgIpc) is 2.76. The fraction of sp³-hybridized carbons (Fsp3) is 0.286. The quantitative estimate of drug-likeness (QED) is 0.606. The molecule has 0 saturated carbocycles. The highest BCUT2D eigenvalue weighted by Gasteiger charge is 2.26. The normalized spacial score (nSPS) is 12.5. The Morgan fingerprint density at radius 2 is 1.93 bits per heavy atom. The minimum absolute atomic E-state index is 0.0550. The molecule has 3 rings (SSSR count). The molecule has 1 heterocycles. The van der Waals surface area contributed by atoms with E-state index in [-0.39, 0.29) is 30.8 Å². The van der Waals surface area contributed by atoms with E-state index in [0.717, 1.165) is 0 Å². The van der Waals surface area contributed by atoms with Crippen LogP contribution < -0.4 is 30.3 Å². The number of para-hydroxylation sites is 2. The summed E-state index contributed by atoms with van der Waals surface area (Å²) in [6.07, 6.45) is 0.657. The highest BCUT2D eigenvalue weighted by atomic mass is 16.5. The molecule has 0 bridgehead atoms. The second kappa shape index (κ2) is 9.64. The van der Waals surface area contributed by atoms with Crippen LogP contribution in [0.15, 0.2) is 42.5 Å². The van der Waals surface area contributed by atoms with Crippen LogP contribution in [0.1, 0.15) is 12.8 Å². The van der Waals surface area contributed by atoms with Crippen molar-refractivity contribution < 1.29 is 23.9 Å². The van der Waals surface area contributed by atoms with Gasteiger partial charge in [0.25, 0.3) is 0 Å². The third kappa shape index (κ3) is 4.99. The van der Waals surface area contributed by atoms with Gasteiger partial charge in [0.15, 0.2) is 0 Å². The molecule has 9 nitrogen and oxygen atoms in total. The van der Waals surface area contributed by atoms with Gasteiger partial charge in [0, 0.05) is 19.0 Å². The van der Waals surface area contributed by atoms with Crippen molar-refractivity contribution in [3.05, 3.63) is 42.5 Å². The van der Waals surface area contributed by atoms with Crippen LogP contribution in [0, 0.1) is 0 Å². The number of amides is 4. The number of rotatable bonds is 7. The molecular weight excluding hydrogens is 388 g/mol. The lowest BCUT2D eigenvalue weighted by molar-refractivity contribution is -0.116. The van der Waals surface area contributed by atoms with E-state index in [1.54, 1.807) is 49.6 Å². The number of anilines is 3. The predicted octanol–water partition coefficient (Wildman–Crippen LogP) is 2.59. The summed E-state index contributed by atoms with van der Waals surface area (Å²) < 4.78 is 10.4. The summed E-state index contributed by atoms with van der Waals surface area (Å²) in [5, 5.41) is 8.28. The molecule has 158 valence electrons. The van der Waals surface area contributed by atoms with E-state index in [4.69, 9.17) is 9.47 Å². The lowest BCUT2D eigenvalue weighted by Crippen LogP contribution is -2.47. The summed E-state index contributed by atoms with van der Waals surface area (Å²) in [5.41, 5.74) is 1.78. The van der Waals surface area contributed by atoms with Gasteiger partial charge in [-0.1, -0.05) is 12.1 Å². The smallest absolute Gasteiger partial charge is 0.322 e. The maximum Gasteiger partial charge on any atom is 0.322 e. The predicted molar refractivity (Wildman–Crippen MR) is 113 cm³/mol. The zero-order chi connectivity index (χ0) is 21.5. The number of carbonyl (C=O) groups is 3. The third-order valence-corrected chi connectivity index (χ3v) is 4.56. The molecule has 30 heavy (non-hydrogen) atoms. The standard InChI is InChI=1S/C21H24N4O5/c1-29-14-9-10-16(18(12-14)30-2)24-19(26)8-5-11-22-21(28)25-13-20(27)23-15-6-3-4-7-17(15)25/h3-4,6-7,9-10,12H,5,8,11,13H2,1-2H3,(H,22,28)(H,23,27)(H,24,26). The van der Waals surface area contributed by atoms with E-state index in [9.17, 15) is 14.4 Å². The summed E-state index contributed by atoms with van der Waals surface area (Å²) in [7, 11) is 3.06. The molecule has 0 radical (unpaired) electrons. The van der Waals surface area contributed by atoms with Crippen LogP contribution in [0.25, 0.3) is 0 Å². The van der Waals surface area contributed by atoms with E-state index in [1.165, 1.54) is 12.0 Å². The van der Waals surface area contributed by atoms with Gasteiger partial charge in [-0.3, -0.25) is 14.5 Å². The first-order valence-electron chi connectivity index (χ1n) is 9.48. The zero-order valence-corrected chi connectivity index (χ0v) is 16.9.